The maximum atomic E-state index is 13.6. The summed E-state index contributed by atoms with van der Waals surface area (Å²) in [5, 5.41) is 2.80. The highest BCUT2D eigenvalue weighted by Crippen LogP contribution is 2.30. The van der Waals surface area contributed by atoms with Crippen LogP contribution in [0.5, 0.6) is 17.2 Å². The smallest absolute Gasteiger partial charge is 0.244 e. The van der Waals surface area contributed by atoms with E-state index in [0.717, 1.165) is 17.1 Å². The van der Waals surface area contributed by atoms with E-state index in [2.05, 4.69) is 5.32 Å². The molecule has 5 nitrogen and oxygen atoms in total. The maximum Gasteiger partial charge on any atom is 0.244 e. The molecule has 0 saturated carbocycles. The first-order chi connectivity index (χ1) is 12.7. The maximum absolute atomic E-state index is 13.6. The van der Waals surface area contributed by atoms with Crippen molar-refractivity contribution in [2.45, 2.75) is 6.42 Å². The molecule has 0 fully saturated rings. The average Bonchev–Trinajstić information content (AvgIpc) is 2.66. The molecule has 3 rings (SSSR count). The van der Waals surface area contributed by atoms with Gasteiger partial charge in [-0.05, 0) is 47.9 Å². The highest BCUT2D eigenvalue weighted by Gasteiger charge is 2.11. The summed E-state index contributed by atoms with van der Waals surface area (Å²) in [6, 6.07) is 10.3. The van der Waals surface area contributed by atoms with Gasteiger partial charge < -0.3 is 19.5 Å². The monoisotopic (exact) mass is 357 g/mol. The molecule has 0 radical (unpaired) electrons. The summed E-state index contributed by atoms with van der Waals surface area (Å²) in [6.45, 7) is 1.59. The predicted molar refractivity (Wildman–Crippen MR) is 96.1 cm³/mol. The lowest BCUT2D eigenvalue weighted by atomic mass is 10.1. The van der Waals surface area contributed by atoms with Gasteiger partial charge in [0.15, 0.2) is 23.1 Å². The van der Waals surface area contributed by atoms with E-state index < -0.39 is 5.82 Å². The summed E-state index contributed by atoms with van der Waals surface area (Å²) in [5.41, 5.74) is 1.64. The number of ether oxygens (including phenoxy) is 3. The van der Waals surface area contributed by atoms with Crippen LogP contribution in [0.1, 0.15) is 11.1 Å². The fourth-order valence-electron chi connectivity index (χ4n) is 2.59. The highest BCUT2D eigenvalue weighted by molar-refractivity contribution is 5.91. The largest absolute Gasteiger partial charge is 0.494 e. The Bertz CT molecular complexity index is 819. The minimum absolute atomic E-state index is 0.172. The molecular weight excluding hydrogens is 337 g/mol. The molecular formula is C20H20FNO4. The molecule has 26 heavy (non-hydrogen) atoms. The molecule has 0 aromatic heterocycles. The van der Waals surface area contributed by atoms with Gasteiger partial charge in [-0.25, -0.2) is 4.39 Å². The molecule has 2 aromatic carbocycles. The van der Waals surface area contributed by atoms with Crippen molar-refractivity contribution < 1.29 is 23.4 Å². The van der Waals surface area contributed by atoms with Crippen molar-refractivity contribution >= 4 is 12.0 Å². The van der Waals surface area contributed by atoms with Crippen molar-refractivity contribution in [1.82, 2.24) is 5.32 Å². The summed E-state index contributed by atoms with van der Waals surface area (Å²) in [6.07, 6.45) is 3.61. The van der Waals surface area contributed by atoms with E-state index in [-0.39, 0.29) is 11.7 Å². The van der Waals surface area contributed by atoms with Crippen LogP contribution in [0.3, 0.4) is 0 Å². The fraction of sp³-hybridized carbons (Fsp3) is 0.250. The Morgan fingerprint density at radius 3 is 2.77 bits per heavy atom. The Labute approximate surface area is 151 Å². The number of carbonyl (C=O) groups is 1. The number of fused-ring (bicyclic) bond motifs is 1. The van der Waals surface area contributed by atoms with Crippen molar-refractivity contribution in [2.24, 2.45) is 0 Å². The van der Waals surface area contributed by atoms with E-state index >= 15 is 0 Å². The highest BCUT2D eigenvalue weighted by atomic mass is 19.1. The van der Waals surface area contributed by atoms with Gasteiger partial charge in [0.1, 0.15) is 13.2 Å². The summed E-state index contributed by atoms with van der Waals surface area (Å²) >= 11 is 0. The zero-order valence-corrected chi connectivity index (χ0v) is 14.5. The van der Waals surface area contributed by atoms with Crippen LogP contribution in [0.2, 0.25) is 0 Å². The van der Waals surface area contributed by atoms with Gasteiger partial charge in [0.25, 0.3) is 0 Å². The molecule has 1 amide bonds. The number of halogens is 1. The van der Waals surface area contributed by atoms with E-state index in [4.69, 9.17) is 14.2 Å². The van der Waals surface area contributed by atoms with Crippen LogP contribution in [-0.2, 0) is 11.2 Å². The van der Waals surface area contributed by atoms with Crippen molar-refractivity contribution in [3.63, 3.8) is 0 Å². The van der Waals surface area contributed by atoms with E-state index in [1.807, 2.05) is 18.2 Å². The van der Waals surface area contributed by atoms with E-state index in [1.165, 1.54) is 25.3 Å². The lowest BCUT2D eigenvalue weighted by Gasteiger charge is -2.18. The summed E-state index contributed by atoms with van der Waals surface area (Å²) in [7, 11) is 1.41. The van der Waals surface area contributed by atoms with E-state index in [1.54, 1.807) is 12.1 Å². The topological polar surface area (TPSA) is 56.8 Å². The van der Waals surface area contributed by atoms with E-state index in [0.29, 0.717) is 31.7 Å². The molecule has 0 atom stereocenters. The van der Waals surface area contributed by atoms with Gasteiger partial charge in [0.05, 0.1) is 7.11 Å². The Morgan fingerprint density at radius 1 is 1.19 bits per heavy atom. The number of methoxy groups -OCH3 is 1. The third-order valence-electron chi connectivity index (χ3n) is 3.92. The Kier molecular flexibility index (Phi) is 5.73. The van der Waals surface area contributed by atoms with E-state index in [9.17, 15) is 9.18 Å². The summed E-state index contributed by atoms with van der Waals surface area (Å²) < 4.78 is 29.5. The number of hydrogen-bond donors (Lipinski definition) is 1. The van der Waals surface area contributed by atoms with Crippen LogP contribution in [0, 0.1) is 5.82 Å². The third kappa shape index (κ3) is 4.53. The van der Waals surface area contributed by atoms with Gasteiger partial charge in [-0.2, -0.15) is 0 Å². The zero-order valence-electron chi connectivity index (χ0n) is 14.5. The van der Waals surface area contributed by atoms with Gasteiger partial charge in [-0.15, -0.1) is 0 Å². The molecule has 1 aliphatic heterocycles. The SMILES string of the molecule is COc1ccc(/C=C/C(=O)NCCc2ccc3c(c2)OCCO3)cc1F. The van der Waals surface area contributed by atoms with Crippen molar-refractivity contribution in [1.29, 1.82) is 0 Å². The normalized spacial score (nSPS) is 12.8. The molecule has 2 aromatic rings. The number of benzene rings is 2. The van der Waals surface area contributed by atoms with Crippen molar-refractivity contribution in [3.05, 3.63) is 59.4 Å². The van der Waals surface area contributed by atoms with Crippen molar-refractivity contribution in [2.75, 3.05) is 26.9 Å². The molecule has 0 spiro atoms. The van der Waals surface area contributed by atoms with Crippen LogP contribution in [0.15, 0.2) is 42.5 Å². The summed E-state index contributed by atoms with van der Waals surface area (Å²) in [4.78, 5) is 11.9. The second-order valence-corrected chi connectivity index (χ2v) is 5.75. The number of amides is 1. The van der Waals surface area contributed by atoms with Gasteiger partial charge in [0, 0.05) is 12.6 Å². The molecule has 0 unspecified atom stereocenters. The third-order valence-corrected chi connectivity index (χ3v) is 3.92. The lowest BCUT2D eigenvalue weighted by molar-refractivity contribution is -0.116. The minimum atomic E-state index is -0.464. The second kappa shape index (κ2) is 8.38. The number of nitrogens with one attached hydrogen (secondary N) is 1. The number of hydrogen-bond acceptors (Lipinski definition) is 4. The standard InChI is InChI=1S/C20H20FNO4/c1-24-17-5-2-14(12-16(17)21)4-7-20(23)22-9-8-15-3-6-18-19(13-15)26-11-10-25-18/h2-7,12-13H,8-11H2,1H3,(H,22,23)/b7-4+. The first-order valence-corrected chi connectivity index (χ1v) is 8.33. The van der Waals surface area contributed by atoms with Gasteiger partial charge in [0.2, 0.25) is 5.91 Å². The number of rotatable bonds is 6. The number of carbonyl (C=O) groups excluding carboxylic acids is 1. The molecule has 6 heteroatoms. The van der Waals surface area contributed by atoms with Crippen LogP contribution in [0.4, 0.5) is 4.39 Å². The molecule has 0 aliphatic carbocycles. The fourth-order valence-corrected chi connectivity index (χ4v) is 2.59. The van der Waals surface area contributed by atoms with Gasteiger partial charge in [-0.3, -0.25) is 4.79 Å². The minimum Gasteiger partial charge on any atom is -0.494 e. The second-order valence-electron chi connectivity index (χ2n) is 5.75. The van der Waals surface area contributed by atoms with Crippen LogP contribution >= 0.6 is 0 Å². The molecule has 1 heterocycles. The Hall–Kier alpha value is -3.02. The Morgan fingerprint density at radius 2 is 2.00 bits per heavy atom. The predicted octanol–water partition coefficient (Wildman–Crippen LogP) is 2.98. The lowest BCUT2D eigenvalue weighted by Crippen LogP contribution is -2.23. The van der Waals surface area contributed by atoms with Gasteiger partial charge >= 0.3 is 0 Å². The first kappa shape index (κ1) is 17.8. The summed E-state index contributed by atoms with van der Waals surface area (Å²) in [5.74, 6) is 0.957. The van der Waals surface area contributed by atoms with Crippen LogP contribution in [-0.4, -0.2) is 32.8 Å². The molecule has 136 valence electrons. The quantitative estimate of drug-likeness (QED) is 0.808. The van der Waals surface area contributed by atoms with Gasteiger partial charge in [-0.1, -0.05) is 12.1 Å². The average molecular weight is 357 g/mol. The molecule has 0 saturated heterocycles. The zero-order chi connectivity index (χ0) is 18.4. The van der Waals surface area contributed by atoms with Crippen molar-refractivity contribution in [3.8, 4) is 17.2 Å². The molecule has 1 N–H and O–H groups in total. The van der Waals surface area contributed by atoms with Crippen LogP contribution in [0.25, 0.3) is 6.08 Å². The first-order valence-electron chi connectivity index (χ1n) is 8.33. The molecule has 1 aliphatic rings. The Balaban J connectivity index is 1.49. The molecule has 0 bridgehead atoms. The van der Waals surface area contributed by atoms with Crippen LogP contribution < -0.4 is 19.5 Å².